The van der Waals surface area contributed by atoms with E-state index in [-0.39, 0.29) is 6.61 Å². The highest BCUT2D eigenvalue weighted by Gasteiger charge is 2.23. The smallest absolute Gasteiger partial charge is 0.227 e. The number of ether oxygens (including phenoxy) is 4. The molecule has 0 unspecified atom stereocenters. The number of benzene rings is 2. The van der Waals surface area contributed by atoms with E-state index in [0.717, 1.165) is 29.1 Å². The van der Waals surface area contributed by atoms with Gasteiger partial charge in [0.1, 0.15) is 11.5 Å². The summed E-state index contributed by atoms with van der Waals surface area (Å²) in [5.74, 6) is 2.08. The third-order valence-corrected chi connectivity index (χ3v) is 5.64. The number of nitrogens with zero attached hydrogens (tertiary/aromatic N) is 3. The molecule has 2 aromatic carbocycles. The molecular formula is C28H37N3O5. The second kappa shape index (κ2) is 14.4. The van der Waals surface area contributed by atoms with Gasteiger partial charge in [0, 0.05) is 26.7 Å². The molecule has 1 aromatic heterocycles. The van der Waals surface area contributed by atoms with Gasteiger partial charge in [0.15, 0.2) is 0 Å². The minimum atomic E-state index is -0.651. The van der Waals surface area contributed by atoms with Gasteiger partial charge in [-0.05, 0) is 42.8 Å². The first kappa shape index (κ1) is 27.4. The minimum Gasteiger partial charge on any atom is -0.497 e. The molecule has 0 fully saturated rings. The summed E-state index contributed by atoms with van der Waals surface area (Å²) in [5, 5.41) is 15.5. The summed E-state index contributed by atoms with van der Waals surface area (Å²) in [4.78, 5) is 2.14. The number of para-hydroxylation sites is 1. The highest BCUT2D eigenvalue weighted by Crippen LogP contribution is 2.33. The Labute approximate surface area is 213 Å². The van der Waals surface area contributed by atoms with Crippen molar-refractivity contribution in [1.82, 2.24) is 14.7 Å². The maximum absolute atomic E-state index is 10.6. The van der Waals surface area contributed by atoms with E-state index in [2.05, 4.69) is 18.4 Å². The standard InChI is InChI=1S/C28H37N3O5/c1-5-17-35-21-23(32)19-30(16-18-33-3)20-26-27(6-2)29-31(22-10-8-7-9-11-22)28(26)36-25-14-12-24(34-4)13-15-25/h5,7-15,23,32H,1,6,16-21H2,2-4H3/t23-/m1/s1. The maximum Gasteiger partial charge on any atom is 0.227 e. The van der Waals surface area contributed by atoms with Crippen molar-refractivity contribution in [3.05, 3.63) is 78.5 Å². The van der Waals surface area contributed by atoms with Crippen molar-refractivity contribution in [2.24, 2.45) is 0 Å². The lowest BCUT2D eigenvalue weighted by molar-refractivity contribution is 0.0192. The molecule has 8 nitrogen and oxygen atoms in total. The van der Waals surface area contributed by atoms with Crippen LogP contribution < -0.4 is 9.47 Å². The van der Waals surface area contributed by atoms with Crippen LogP contribution in [0.25, 0.3) is 5.69 Å². The predicted molar refractivity (Wildman–Crippen MR) is 140 cm³/mol. The Morgan fingerprint density at radius 1 is 1.08 bits per heavy atom. The number of aryl methyl sites for hydroxylation is 1. The van der Waals surface area contributed by atoms with Crippen molar-refractivity contribution in [2.45, 2.75) is 26.0 Å². The summed E-state index contributed by atoms with van der Waals surface area (Å²) in [6.45, 7) is 8.48. The molecule has 0 aliphatic carbocycles. The number of aliphatic hydroxyl groups excluding tert-OH is 1. The van der Waals surface area contributed by atoms with Gasteiger partial charge in [-0.15, -0.1) is 6.58 Å². The van der Waals surface area contributed by atoms with Gasteiger partial charge in [-0.3, -0.25) is 4.90 Å². The summed E-state index contributed by atoms with van der Waals surface area (Å²) >= 11 is 0. The molecule has 0 radical (unpaired) electrons. The fourth-order valence-electron chi connectivity index (χ4n) is 3.84. The molecular weight excluding hydrogens is 458 g/mol. The topological polar surface area (TPSA) is 78.2 Å². The maximum atomic E-state index is 10.6. The average molecular weight is 496 g/mol. The van der Waals surface area contributed by atoms with E-state index in [1.807, 2.05) is 59.3 Å². The second-order valence-electron chi connectivity index (χ2n) is 8.32. The van der Waals surface area contributed by atoms with Crippen molar-refractivity contribution in [3.8, 4) is 23.1 Å². The molecule has 3 rings (SSSR count). The number of aromatic nitrogens is 2. The molecule has 8 heteroatoms. The Morgan fingerprint density at radius 2 is 1.81 bits per heavy atom. The van der Waals surface area contributed by atoms with E-state index >= 15 is 0 Å². The van der Waals surface area contributed by atoms with Gasteiger partial charge in [-0.25, -0.2) is 4.68 Å². The summed E-state index contributed by atoms with van der Waals surface area (Å²) in [5.41, 5.74) is 2.80. The Morgan fingerprint density at radius 3 is 2.44 bits per heavy atom. The molecule has 194 valence electrons. The van der Waals surface area contributed by atoms with E-state index in [0.29, 0.717) is 44.5 Å². The minimum absolute atomic E-state index is 0.231. The summed E-state index contributed by atoms with van der Waals surface area (Å²) < 4.78 is 24.4. The van der Waals surface area contributed by atoms with Crippen molar-refractivity contribution >= 4 is 0 Å². The van der Waals surface area contributed by atoms with E-state index in [1.165, 1.54) is 0 Å². The van der Waals surface area contributed by atoms with Crippen LogP contribution in [0.1, 0.15) is 18.2 Å². The van der Waals surface area contributed by atoms with Crippen LogP contribution in [-0.2, 0) is 22.4 Å². The molecule has 1 N–H and O–H groups in total. The van der Waals surface area contributed by atoms with E-state index < -0.39 is 6.10 Å². The lowest BCUT2D eigenvalue weighted by Crippen LogP contribution is -2.36. The van der Waals surface area contributed by atoms with Gasteiger partial charge in [0.05, 0.1) is 50.0 Å². The molecule has 0 aliphatic heterocycles. The van der Waals surface area contributed by atoms with E-state index in [1.54, 1.807) is 20.3 Å². The Hall–Kier alpha value is -3.17. The van der Waals surface area contributed by atoms with Crippen LogP contribution in [0.15, 0.2) is 67.3 Å². The highest BCUT2D eigenvalue weighted by molar-refractivity contribution is 5.44. The predicted octanol–water partition coefficient (Wildman–Crippen LogP) is 4.25. The Kier molecular flexibility index (Phi) is 11.0. The quantitative estimate of drug-likeness (QED) is 0.235. The monoisotopic (exact) mass is 495 g/mol. The van der Waals surface area contributed by atoms with Gasteiger partial charge in [-0.2, -0.15) is 5.10 Å². The van der Waals surface area contributed by atoms with Gasteiger partial charge in [0.25, 0.3) is 0 Å². The zero-order valence-electron chi connectivity index (χ0n) is 21.4. The zero-order valence-corrected chi connectivity index (χ0v) is 21.4. The van der Waals surface area contributed by atoms with Crippen LogP contribution >= 0.6 is 0 Å². The number of aliphatic hydroxyl groups is 1. The first-order valence-corrected chi connectivity index (χ1v) is 12.2. The molecule has 0 bridgehead atoms. The SMILES string of the molecule is C=CCOC[C@H](O)CN(CCOC)Cc1c(CC)nn(-c2ccccc2)c1Oc1ccc(OC)cc1. The average Bonchev–Trinajstić information content (AvgIpc) is 3.25. The van der Waals surface area contributed by atoms with Crippen molar-refractivity contribution in [2.75, 3.05) is 47.1 Å². The number of hydrogen-bond acceptors (Lipinski definition) is 7. The highest BCUT2D eigenvalue weighted by atomic mass is 16.5. The van der Waals surface area contributed by atoms with Crippen LogP contribution in [0, 0.1) is 0 Å². The van der Waals surface area contributed by atoms with E-state index in [4.69, 9.17) is 24.0 Å². The lowest BCUT2D eigenvalue weighted by atomic mass is 10.1. The summed E-state index contributed by atoms with van der Waals surface area (Å²) in [6.07, 6.45) is 1.75. The van der Waals surface area contributed by atoms with Crippen LogP contribution in [0.4, 0.5) is 0 Å². The largest absolute Gasteiger partial charge is 0.497 e. The molecule has 1 heterocycles. The number of hydrogen-bond donors (Lipinski definition) is 1. The molecule has 36 heavy (non-hydrogen) atoms. The fraction of sp³-hybridized carbons (Fsp3) is 0.393. The van der Waals surface area contributed by atoms with E-state index in [9.17, 15) is 5.11 Å². The fourth-order valence-corrected chi connectivity index (χ4v) is 3.84. The molecule has 1 atom stereocenters. The van der Waals surface area contributed by atoms with Crippen LogP contribution in [0.2, 0.25) is 0 Å². The molecule has 3 aromatic rings. The van der Waals surface area contributed by atoms with Gasteiger partial charge in [0.2, 0.25) is 5.88 Å². The Balaban J connectivity index is 1.96. The summed E-state index contributed by atoms with van der Waals surface area (Å²) in [7, 11) is 3.31. The Bertz CT molecular complexity index is 1050. The first-order valence-electron chi connectivity index (χ1n) is 12.2. The number of rotatable bonds is 16. The van der Waals surface area contributed by atoms with Crippen molar-refractivity contribution < 1.29 is 24.1 Å². The molecule has 0 amide bonds. The van der Waals surface area contributed by atoms with Crippen molar-refractivity contribution in [1.29, 1.82) is 0 Å². The van der Waals surface area contributed by atoms with Gasteiger partial charge >= 0.3 is 0 Å². The van der Waals surface area contributed by atoms with Crippen LogP contribution in [-0.4, -0.2) is 73.0 Å². The van der Waals surface area contributed by atoms with Gasteiger partial charge < -0.3 is 24.1 Å². The molecule has 0 aliphatic rings. The number of methoxy groups -OCH3 is 2. The summed E-state index contributed by atoms with van der Waals surface area (Å²) in [6, 6.07) is 17.4. The second-order valence-corrected chi connectivity index (χ2v) is 8.32. The molecule has 0 spiro atoms. The lowest BCUT2D eigenvalue weighted by Gasteiger charge is -2.25. The normalized spacial score (nSPS) is 12.0. The van der Waals surface area contributed by atoms with Gasteiger partial charge in [-0.1, -0.05) is 31.2 Å². The van der Waals surface area contributed by atoms with Crippen LogP contribution in [0.5, 0.6) is 17.4 Å². The zero-order chi connectivity index (χ0) is 25.8. The van der Waals surface area contributed by atoms with Crippen molar-refractivity contribution in [3.63, 3.8) is 0 Å². The molecule has 0 saturated carbocycles. The third kappa shape index (κ3) is 7.66. The molecule has 0 saturated heterocycles. The first-order chi connectivity index (χ1) is 17.6. The third-order valence-electron chi connectivity index (χ3n) is 5.64. The van der Waals surface area contributed by atoms with Crippen LogP contribution in [0.3, 0.4) is 0 Å².